The van der Waals surface area contributed by atoms with E-state index in [1.807, 2.05) is 0 Å². The highest BCUT2D eigenvalue weighted by molar-refractivity contribution is 7.47. The zero-order chi connectivity index (χ0) is 37.0. The SMILES string of the molecule is CCCCCCCCCCCCCCCCCC(=O)OC(COC(=O)CCCCCCCCCCCCCC)COP(=O)(O)OCC(O)CO. The number of aliphatic hydroxyl groups excluding tert-OH is 2. The van der Waals surface area contributed by atoms with Crippen molar-refractivity contribution >= 4 is 19.8 Å². The highest BCUT2D eigenvalue weighted by Gasteiger charge is 2.27. The van der Waals surface area contributed by atoms with Gasteiger partial charge in [-0.3, -0.25) is 18.6 Å². The molecule has 0 aromatic rings. The number of hydrogen-bond acceptors (Lipinski definition) is 9. The summed E-state index contributed by atoms with van der Waals surface area (Å²) in [5.41, 5.74) is 0. The topological polar surface area (TPSA) is 149 Å². The Morgan fingerprint density at radius 2 is 0.860 bits per heavy atom. The minimum Gasteiger partial charge on any atom is -0.462 e. The van der Waals surface area contributed by atoms with Crippen molar-refractivity contribution in [2.24, 2.45) is 0 Å². The van der Waals surface area contributed by atoms with Crippen molar-refractivity contribution in [2.45, 2.75) is 212 Å². The van der Waals surface area contributed by atoms with E-state index in [-0.39, 0.29) is 19.4 Å². The maximum Gasteiger partial charge on any atom is 0.472 e. The summed E-state index contributed by atoms with van der Waals surface area (Å²) in [5.74, 6) is -0.912. The molecule has 3 unspecified atom stereocenters. The molecular weight excluding hydrogens is 659 g/mol. The summed E-state index contributed by atoms with van der Waals surface area (Å²) in [7, 11) is -4.60. The van der Waals surface area contributed by atoms with Gasteiger partial charge in [0.2, 0.25) is 0 Å². The number of hydrogen-bond donors (Lipinski definition) is 3. The molecular formula is C39H77O10P. The van der Waals surface area contributed by atoms with Crippen LogP contribution < -0.4 is 0 Å². The molecule has 0 aliphatic heterocycles. The van der Waals surface area contributed by atoms with E-state index < -0.39 is 51.8 Å². The molecule has 0 aromatic carbocycles. The molecule has 0 aliphatic rings. The number of phosphoric ester groups is 1. The standard InChI is InChI=1S/C39H77O10P/c1-3-5-7-9-11-13-15-17-18-19-21-23-25-27-29-31-39(43)49-37(35-48-50(44,45)47-33-36(41)32-40)34-46-38(42)30-28-26-24-22-20-16-14-12-10-8-6-4-2/h36-37,40-41H,3-35H2,1-2H3,(H,44,45). The first-order valence-corrected chi connectivity index (χ1v) is 22.0. The maximum absolute atomic E-state index is 12.6. The van der Waals surface area contributed by atoms with E-state index >= 15 is 0 Å². The molecule has 3 atom stereocenters. The molecule has 0 bridgehead atoms. The summed E-state index contributed by atoms with van der Waals surface area (Å²) in [4.78, 5) is 34.9. The van der Waals surface area contributed by atoms with Gasteiger partial charge in [0.15, 0.2) is 6.10 Å². The van der Waals surface area contributed by atoms with Crippen LogP contribution >= 0.6 is 7.82 Å². The largest absolute Gasteiger partial charge is 0.472 e. The van der Waals surface area contributed by atoms with E-state index in [1.54, 1.807) is 0 Å². The van der Waals surface area contributed by atoms with Gasteiger partial charge in [-0.2, -0.15) is 0 Å². The summed E-state index contributed by atoms with van der Waals surface area (Å²) in [6.45, 7) is 2.40. The van der Waals surface area contributed by atoms with Crippen molar-refractivity contribution in [3.8, 4) is 0 Å². The Balaban J connectivity index is 4.29. The van der Waals surface area contributed by atoms with Crippen LogP contribution in [0, 0.1) is 0 Å². The Morgan fingerprint density at radius 1 is 0.520 bits per heavy atom. The Hall–Kier alpha value is -1.03. The molecule has 0 saturated heterocycles. The average molecular weight is 737 g/mol. The van der Waals surface area contributed by atoms with Crippen molar-refractivity contribution in [3.63, 3.8) is 0 Å². The van der Waals surface area contributed by atoms with E-state index in [0.717, 1.165) is 38.5 Å². The lowest BCUT2D eigenvalue weighted by Gasteiger charge is -2.20. The second-order valence-electron chi connectivity index (χ2n) is 14.0. The molecule has 0 fully saturated rings. The van der Waals surface area contributed by atoms with E-state index in [1.165, 1.54) is 122 Å². The zero-order valence-electron chi connectivity index (χ0n) is 32.1. The summed E-state index contributed by atoms with van der Waals surface area (Å²) in [6, 6.07) is 0. The Kier molecular flexibility index (Phi) is 35.6. The molecule has 0 aliphatic carbocycles. The van der Waals surface area contributed by atoms with Crippen LogP contribution in [-0.4, -0.2) is 65.7 Å². The van der Waals surface area contributed by atoms with Crippen LogP contribution in [0.15, 0.2) is 0 Å². The number of ether oxygens (including phenoxy) is 2. The highest BCUT2D eigenvalue weighted by Crippen LogP contribution is 2.43. The Morgan fingerprint density at radius 3 is 1.24 bits per heavy atom. The number of phosphoric acid groups is 1. The molecule has 298 valence electrons. The lowest BCUT2D eigenvalue weighted by molar-refractivity contribution is -0.161. The third-order valence-corrected chi connectivity index (χ3v) is 9.96. The molecule has 0 amide bonds. The van der Waals surface area contributed by atoms with Gasteiger partial charge in [0.25, 0.3) is 0 Å². The molecule has 50 heavy (non-hydrogen) atoms. The lowest BCUT2D eigenvalue weighted by atomic mass is 10.0. The summed E-state index contributed by atoms with van der Waals surface area (Å²) >= 11 is 0. The Labute approximate surface area is 305 Å². The van der Waals surface area contributed by atoms with E-state index in [0.29, 0.717) is 12.8 Å². The first kappa shape index (κ1) is 49.0. The number of unbranched alkanes of at least 4 members (excludes halogenated alkanes) is 25. The zero-order valence-corrected chi connectivity index (χ0v) is 33.0. The summed E-state index contributed by atoms with van der Waals surface area (Å²) in [6.07, 6.45) is 30.6. The van der Waals surface area contributed by atoms with Crippen molar-refractivity contribution in [1.82, 2.24) is 0 Å². The van der Waals surface area contributed by atoms with Gasteiger partial charge in [-0.1, -0.05) is 174 Å². The normalized spacial score (nSPS) is 13.9. The fourth-order valence-corrected chi connectivity index (χ4v) is 6.61. The predicted octanol–water partition coefficient (Wildman–Crippen LogP) is 10.3. The molecule has 3 N–H and O–H groups in total. The minimum atomic E-state index is -4.60. The molecule has 0 radical (unpaired) electrons. The van der Waals surface area contributed by atoms with Crippen LogP contribution in [0.2, 0.25) is 0 Å². The number of carbonyl (C=O) groups excluding carboxylic acids is 2. The number of rotatable bonds is 39. The molecule has 0 saturated carbocycles. The van der Waals surface area contributed by atoms with Crippen LogP contribution in [0.5, 0.6) is 0 Å². The third-order valence-electron chi connectivity index (χ3n) is 9.01. The average Bonchev–Trinajstić information content (AvgIpc) is 3.10. The predicted molar refractivity (Wildman–Crippen MR) is 201 cm³/mol. The summed E-state index contributed by atoms with van der Waals surface area (Å²) < 4.78 is 32.6. The van der Waals surface area contributed by atoms with Gasteiger partial charge in [-0.05, 0) is 12.8 Å². The van der Waals surface area contributed by atoms with Crippen LogP contribution in [-0.2, 0) is 32.7 Å². The van der Waals surface area contributed by atoms with Crippen LogP contribution in [0.1, 0.15) is 200 Å². The highest BCUT2D eigenvalue weighted by atomic mass is 31.2. The van der Waals surface area contributed by atoms with Gasteiger partial charge in [0.1, 0.15) is 12.7 Å². The fourth-order valence-electron chi connectivity index (χ4n) is 5.82. The van der Waals surface area contributed by atoms with E-state index in [9.17, 15) is 24.2 Å². The maximum atomic E-state index is 12.6. The smallest absolute Gasteiger partial charge is 0.462 e. The van der Waals surface area contributed by atoms with Crippen LogP contribution in [0.3, 0.4) is 0 Å². The van der Waals surface area contributed by atoms with Gasteiger partial charge < -0.3 is 24.6 Å². The second kappa shape index (κ2) is 36.3. The first-order valence-electron chi connectivity index (χ1n) is 20.5. The van der Waals surface area contributed by atoms with Gasteiger partial charge >= 0.3 is 19.8 Å². The monoisotopic (exact) mass is 737 g/mol. The van der Waals surface area contributed by atoms with Crippen LogP contribution in [0.25, 0.3) is 0 Å². The lowest BCUT2D eigenvalue weighted by Crippen LogP contribution is -2.29. The van der Waals surface area contributed by atoms with Crippen LogP contribution in [0.4, 0.5) is 0 Å². The first-order chi connectivity index (χ1) is 24.2. The Bertz CT molecular complexity index is 812. The van der Waals surface area contributed by atoms with Crippen molar-refractivity contribution in [3.05, 3.63) is 0 Å². The molecule has 0 rings (SSSR count). The van der Waals surface area contributed by atoms with E-state index in [2.05, 4.69) is 18.4 Å². The molecule has 0 aromatic heterocycles. The van der Waals surface area contributed by atoms with Crippen molar-refractivity contribution in [2.75, 3.05) is 26.4 Å². The third kappa shape index (κ3) is 35.4. The molecule has 11 heteroatoms. The van der Waals surface area contributed by atoms with Crippen molar-refractivity contribution < 1.29 is 47.8 Å². The number of esters is 2. The van der Waals surface area contributed by atoms with Crippen molar-refractivity contribution in [1.29, 1.82) is 0 Å². The van der Waals surface area contributed by atoms with Gasteiger partial charge in [-0.15, -0.1) is 0 Å². The van der Waals surface area contributed by atoms with Gasteiger partial charge in [0.05, 0.1) is 19.8 Å². The van der Waals surface area contributed by atoms with Gasteiger partial charge in [0, 0.05) is 12.8 Å². The number of carbonyl (C=O) groups is 2. The summed E-state index contributed by atoms with van der Waals surface area (Å²) in [5, 5.41) is 18.3. The fraction of sp³-hybridized carbons (Fsp3) is 0.949. The molecule has 0 spiro atoms. The second-order valence-corrected chi connectivity index (χ2v) is 15.5. The number of aliphatic hydroxyl groups is 2. The molecule has 0 heterocycles. The van der Waals surface area contributed by atoms with E-state index in [4.69, 9.17) is 19.1 Å². The molecule has 10 nitrogen and oxygen atoms in total. The minimum absolute atomic E-state index is 0.192. The quantitative estimate of drug-likeness (QED) is 0.0316. The van der Waals surface area contributed by atoms with Gasteiger partial charge in [-0.25, -0.2) is 4.57 Å².